The Labute approximate surface area is 103 Å². The molecule has 17 heavy (non-hydrogen) atoms. The van der Waals surface area contributed by atoms with Crippen molar-refractivity contribution in [2.75, 3.05) is 18.8 Å². The third kappa shape index (κ3) is 13.1. The first-order valence-corrected chi connectivity index (χ1v) is 7.53. The summed E-state index contributed by atoms with van der Waals surface area (Å²) >= 11 is 0. The zero-order valence-corrected chi connectivity index (χ0v) is 11.1. The van der Waals surface area contributed by atoms with E-state index in [0.717, 1.165) is 25.7 Å². The van der Waals surface area contributed by atoms with E-state index in [-0.39, 0.29) is 24.7 Å². The second-order valence-corrected chi connectivity index (χ2v) is 5.46. The molecule has 2 amide bonds. The Hall–Kier alpha value is -0.820. The Morgan fingerprint density at radius 3 is 2.18 bits per heavy atom. The predicted molar refractivity (Wildman–Crippen MR) is 66.6 cm³/mol. The van der Waals surface area contributed by atoms with Crippen molar-refractivity contribution >= 4 is 16.1 Å². The van der Waals surface area contributed by atoms with E-state index in [1.807, 2.05) is 0 Å². The number of urea groups is 1. The summed E-state index contributed by atoms with van der Waals surface area (Å²) < 4.78 is 29.2. The van der Waals surface area contributed by atoms with Gasteiger partial charge >= 0.3 is 6.03 Å². The highest BCUT2D eigenvalue weighted by Gasteiger charge is 2.04. The smallest absolute Gasteiger partial charge is 0.314 e. The van der Waals surface area contributed by atoms with Crippen LogP contribution >= 0.6 is 0 Å². The first kappa shape index (κ1) is 16.2. The topological polar surface area (TPSA) is 95.5 Å². The second kappa shape index (κ2) is 9.23. The number of carbonyl (C=O) groups excluding carboxylic acids is 1. The second-order valence-electron chi connectivity index (χ2n) is 3.88. The van der Waals surface area contributed by atoms with E-state index in [9.17, 15) is 13.2 Å². The molecule has 0 saturated heterocycles. The summed E-state index contributed by atoms with van der Waals surface area (Å²) in [5.41, 5.74) is 0. The molecule has 0 bridgehead atoms. The van der Waals surface area contributed by atoms with Crippen molar-refractivity contribution in [2.45, 2.75) is 39.0 Å². The van der Waals surface area contributed by atoms with Gasteiger partial charge in [-0.25, -0.2) is 4.79 Å². The number of carbonyl (C=O) groups is 1. The zero-order chi connectivity index (χ0) is 13.1. The van der Waals surface area contributed by atoms with Gasteiger partial charge in [-0.2, -0.15) is 8.42 Å². The molecule has 3 N–H and O–H groups in total. The van der Waals surface area contributed by atoms with Crippen LogP contribution in [-0.2, 0) is 10.1 Å². The number of nitrogens with one attached hydrogen (secondary N) is 2. The fraction of sp³-hybridized carbons (Fsp3) is 0.900. The highest BCUT2D eigenvalue weighted by molar-refractivity contribution is 7.85. The van der Waals surface area contributed by atoms with Crippen molar-refractivity contribution < 1.29 is 17.8 Å². The van der Waals surface area contributed by atoms with Gasteiger partial charge in [-0.1, -0.05) is 26.2 Å². The molecule has 0 fully saturated rings. The van der Waals surface area contributed by atoms with Crippen LogP contribution in [0.15, 0.2) is 0 Å². The van der Waals surface area contributed by atoms with Crippen LogP contribution < -0.4 is 10.6 Å². The summed E-state index contributed by atoms with van der Waals surface area (Å²) in [5, 5.41) is 5.20. The molecule has 0 aliphatic heterocycles. The van der Waals surface area contributed by atoms with E-state index < -0.39 is 10.1 Å². The van der Waals surface area contributed by atoms with E-state index in [0.29, 0.717) is 6.54 Å². The zero-order valence-electron chi connectivity index (χ0n) is 10.2. The molecule has 0 rings (SSSR count). The van der Waals surface area contributed by atoms with E-state index in [2.05, 4.69) is 17.6 Å². The van der Waals surface area contributed by atoms with Crippen molar-refractivity contribution in [1.82, 2.24) is 10.6 Å². The van der Waals surface area contributed by atoms with Gasteiger partial charge in [0, 0.05) is 13.1 Å². The molecule has 0 aliphatic carbocycles. The lowest BCUT2D eigenvalue weighted by Gasteiger charge is -2.06. The van der Waals surface area contributed by atoms with Gasteiger partial charge in [0.25, 0.3) is 10.1 Å². The number of hydrogen-bond donors (Lipinski definition) is 3. The first-order chi connectivity index (χ1) is 7.95. The quantitative estimate of drug-likeness (QED) is 0.431. The Bertz CT molecular complexity index is 303. The van der Waals surface area contributed by atoms with Crippen LogP contribution in [0.5, 0.6) is 0 Å². The maximum atomic E-state index is 11.2. The van der Waals surface area contributed by atoms with Gasteiger partial charge in [0.1, 0.15) is 0 Å². The van der Waals surface area contributed by atoms with Gasteiger partial charge in [0.05, 0.1) is 5.75 Å². The molecule has 0 heterocycles. The summed E-state index contributed by atoms with van der Waals surface area (Å²) in [5.74, 6) is -0.330. The molecule has 0 aromatic heterocycles. The van der Waals surface area contributed by atoms with E-state index in [1.54, 1.807) is 0 Å². The number of hydrogen-bond acceptors (Lipinski definition) is 3. The Balaban J connectivity index is 3.35. The molecule has 7 heteroatoms. The number of unbranched alkanes of at least 4 members (excludes halogenated alkanes) is 3. The molecule has 0 spiro atoms. The van der Waals surface area contributed by atoms with Crippen molar-refractivity contribution in [1.29, 1.82) is 0 Å². The van der Waals surface area contributed by atoms with Crippen LogP contribution in [0.3, 0.4) is 0 Å². The fourth-order valence-corrected chi connectivity index (χ4v) is 1.78. The summed E-state index contributed by atoms with van der Waals surface area (Å²) in [6, 6.07) is -0.295. The lowest BCUT2D eigenvalue weighted by Crippen LogP contribution is -2.36. The Kier molecular flexibility index (Phi) is 8.79. The van der Waals surface area contributed by atoms with Crippen LogP contribution in [-0.4, -0.2) is 37.8 Å². The molecule has 0 radical (unpaired) electrons. The lowest BCUT2D eigenvalue weighted by atomic mass is 10.2. The Morgan fingerprint density at radius 1 is 1.06 bits per heavy atom. The maximum absolute atomic E-state index is 11.2. The lowest BCUT2D eigenvalue weighted by molar-refractivity contribution is 0.240. The van der Waals surface area contributed by atoms with E-state index in [4.69, 9.17) is 4.55 Å². The third-order valence-electron chi connectivity index (χ3n) is 2.18. The molecule has 0 saturated carbocycles. The Morgan fingerprint density at radius 2 is 1.65 bits per heavy atom. The largest absolute Gasteiger partial charge is 0.338 e. The fourth-order valence-electron chi connectivity index (χ4n) is 1.27. The maximum Gasteiger partial charge on any atom is 0.314 e. The first-order valence-electron chi connectivity index (χ1n) is 5.92. The minimum absolute atomic E-state index is 0.210. The van der Waals surface area contributed by atoms with Gasteiger partial charge < -0.3 is 10.6 Å². The molecule has 0 aromatic carbocycles. The van der Waals surface area contributed by atoms with Crippen LogP contribution in [0, 0.1) is 0 Å². The minimum Gasteiger partial charge on any atom is -0.338 e. The standard InChI is InChI=1S/C10H22N2O4S/c1-2-3-4-5-7-11-10(13)12-8-6-9-17(14,15)16/h2-9H2,1H3,(H2,11,12,13)(H,14,15,16). The number of rotatable bonds is 9. The van der Waals surface area contributed by atoms with Gasteiger partial charge in [-0.05, 0) is 12.8 Å². The van der Waals surface area contributed by atoms with Gasteiger partial charge in [-0.3, -0.25) is 4.55 Å². The minimum atomic E-state index is -3.92. The molecule has 6 nitrogen and oxygen atoms in total. The van der Waals surface area contributed by atoms with Gasteiger partial charge in [0.2, 0.25) is 0 Å². The van der Waals surface area contributed by atoms with Crippen LogP contribution in [0.2, 0.25) is 0 Å². The van der Waals surface area contributed by atoms with E-state index in [1.165, 1.54) is 0 Å². The van der Waals surface area contributed by atoms with Crippen molar-refractivity contribution in [3.8, 4) is 0 Å². The summed E-state index contributed by atoms with van der Waals surface area (Å²) in [6.07, 6.45) is 4.58. The molecule has 0 aromatic rings. The summed E-state index contributed by atoms with van der Waals surface area (Å²) in [7, 11) is -3.92. The SMILES string of the molecule is CCCCCCNC(=O)NCCCS(=O)(=O)O. The molecular weight excluding hydrogens is 244 g/mol. The molecular formula is C10H22N2O4S. The van der Waals surface area contributed by atoms with E-state index >= 15 is 0 Å². The molecule has 0 aliphatic rings. The summed E-state index contributed by atoms with van der Waals surface area (Å²) in [6.45, 7) is 2.99. The normalized spacial score (nSPS) is 11.2. The van der Waals surface area contributed by atoms with Crippen LogP contribution in [0.4, 0.5) is 4.79 Å². The van der Waals surface area contributed by atoms with Crippen molar-refractivity contribution in [2.24, 2.45) is 0 Å². The third-order valence-corrected chi connectivity index (χ3v) is 2.99. The van der Waals surface area contributed by atoms with Crippen molar-refractivity contribution in [3.63, 3.8) is 0 Å². The highest BCUT2D eigenvalue weighted by Crippen LogP contribution is 1.96. The van der Waals surface area contributed by atoms with Gasteiger partial charge in [0.15, 0.2) is 0 Å². The van der Waals surface area contributed by atoms with Crippen LogP contribution in [0.25, 0.3) is 0 Å². The molecule has 102 valence electrons. The molecule has 0 atom stereocenters. The average molecular weight is 266 g/mol. The highest BCUT2D eigenvalue weighted by atomic mass is 32.2. The summed E-state index contributed by atoms with van der Waals surface area (Å²) in [4.78, 5) is 11.2. The van der Waals surface area contributed by atoms with Crippen LogP contribution in [0.1, 0.15) is 39.0 Å². The van der Waals surface area contributed by atoms with Gasteiger partial charge in [-0.15, -0.1) is 0 Å². The monoisotopic (exact) mass is 266 g/mol. The average Bonchev–Trinajstić information content (AvgIpc) is 2.23. The number of amides is 2. The van der Waals surface area contributed by atoms with Crippen molar-refractivity contribution in [3.05, 3.63) is 0 Å². The predicted octanol–water partition coefficient (Wildman–Crippen LogP) is 1.14. The molecule has 0 unspecified atom stereocenters.